The highest BCUT2D eigenvalue weighted by Crippen LogP contribution is 2.25. The number of fused-ring (bicyclic) bond motifs is 1. The Morgan fingerprint density at radius 2 is 2.10 bits per heavy atom. The molecule has 6 nitrogen and oxygen atoms in total. The van der Waals surface area contributed by atoms with Crippen molar-refractivity contribution < 1.29 is 14.3 Å². The van der Waals surface area contributed by atoms with Crippen molar-refractivity contribution >= 4 is 39.6 Å². The molecular formula is C22H23N3O3S2. The predicted molar refractivity (Wildman–Crippen MR) is 119 cm³/mol. The highest BCUT2D eigenvalue weighted by Gasteiger charge is 2.22. The first-order valence-corrected chi connectivity index (χ1v) is 11.7. The molecule has 1 N–H and O–H groups in total. The van der Waals surface area contributed by atoms with Gasteiger partial charge >= 0.3 is 0 Å². The quantitative estimate of drug-likeness (QED) is 0.603. The van der Waals surface area contributed by atoms with Crippen LogP contribution in [0.5, 0.6) is 5.75 Å². The summed E-state index contributed by atoms with van der Waals surface area (Å²) in [4.78, 5) is 32.2. The minimum Gasteiger partial charge on any atom is -0.494 e. The van der Waals surface area contributed by atoms with Crippen molar-refractivity contribution in [2.24, 2.45) is 0 Å². The van der Waals surface area contributed by atoms with E-state index in [0.29, 0.717) is 36.9 Å². The van der Waals surface area contributed by atoms with Gasteiger partial charge in [-0.3, -0.25) is 9.59 Å². The normalized spacial score (nSPS) is 13.0. The minimum absolute atomic E-state index is 0.0456. The van der Waals surface area contributed by atoms with Gasteiger partial charge in [-0.15, -0.1) is 22.7 Å². The van der Waals surface area contributed by atoms with Crippen molar-refractivity contribution in [2.75, 3.05) is 18.5 Å². The van der Waals surface area contributed by atoms with Gasteiger partial charge in [0, 0.05) is 23.3 Å². The summed E-state index contributed by atoms with van der Waals surface area (Å²) in [6.07, 6.45) is 1.41. The molecule has 8 heteroatoms. The Kier molecular flexibility index (Phi) is 6.44. The molecule has 0 unspecified atom stereocenters. The van der Waals surface area contributed by atoms with E-state index in [9.17, 15) is 9.59 Å². The van der Waals surface area contributed by atoms with Gasteiger partial charge in [-0.25, -0.2) is 4.98 Å². The zero-order valence-corrected chi connectivity index (χ0v) is 18.4. The first-order chi connectivity index (χ1) is 14.6. The molecule has 0 radical (unpaired) electrons. The van der Waals surface area contributed by atoms with Crippen LogP contribution >= 0.6 is 22.7 Å². The van der Waals surface area contributed by atoms with E-state index in [0.717, 1.165) is 22.6 Å². The zero-order valence-electron chi connectivity index (χ0n) is 16.7. The molecule has 30 heavy (non-hydrogen) atoms. The Hall–Kier alpha value is -2.71. The van der Waals surface area contributed by atoms with Crippen LogP contribution in [0.1, 0.15) is 28.6 Å². The Morgan fingerprint density at radius 1 is 1.20 bits per heavy atom. The van der Waals surface area contributed by atoms with Crippen LogP contribution in [-0.2, 0) is 35.4 Å². The molecular weight excluding hydrogens is 418 g/mol. The van der Waals surface area contributed by atoms with E-state index in [1.165, 1.54) is 16.9 Å². The lowest BCUT2D eigenvalue weighted by Gasteiger charge is -2.29. The molecule has 0 atom stereocenters. The fourth-order valence-corrected chi connectivity index (χ4v) is 4.88. The maximum atomic E-state index is 12.8. The molecule has 1 aromatic carbocycles. The highest BCUT2D eigenvalue weighted by molar-refractivity contribution is 7.14. The third-order valence-electron chi connectivity index (χ3n) is 4.90. The van der Waals surface area contributed by atoms with Gasteiger partial charge in [0.05, 0.1) is 25.1 Å². The maximum absolute atomic E-state index is 12.8. The van der Waals surface area contributed by atoms with E-state index in [4.69, 9.17) is 4.74 Å². The number of nitrogens with zero attached hydrogens (tertiary/aromatic N) is 2. The van der Waals surface area contributed by atoms with Crippen LogP contribution in [0.3, 0.4) is 0 Å². The third-order valence-corrected chi connectivity index (χ3v) is 6.58. The SMILES string of the molecule is CCOc1ccc2c(c1)CN(C(=O)Cc1csc(NC(=O)Cc3cccs3)n1)CC2. The monoisotopic (exact) mass is 441 g/mol. The van der Waals surface area contributed by atoms with Gasteiger partial charge in [0.15, 0.2) is 5.13 Å². The van der Waals surface area contributed by atoms with Crippen LogP contribution in [0.4, 0.5) is 5.13 Å². The molecule has 1 aliphatic heterocycles. The second kappa shape index (κ2) is 9.40. The van der Waals surface area contributed by atoms with Gasteiger partial charge in [-0.1, -0.05) is 12.1 Å². The molecule has 0 spiro atoms. The average molecular weight is 442 g/mol. The number of nitrogens with one attached hydrogen (secondary N) is 1. The van der Waals surface area contributed by atoms with E-state index in [2.05, 4.69) is 16.4 Å². The summed E-state index contributed by atoms with van der Waals surface area (Å²) in [6, 6.07) is 9.97. The van der Waals surface area contributed by atoms with Gasteiger partial charge in [-0.2, -0.15) is 0 Å². The van der Waals surface area contributed by atoms with Gasteiger partial charge < -0.3 is 15.0 Å². The van der Waals surface area contributed by atoms with Crippen molar-refractivity contribution in [1.82, 2.24) is 9.88 Å². The number of hydrogen-bond donors (Lipinski definition) is 1. The summed E-state index contributed by atoms with van der Waals surface area (Å²) >= 11 is 2.90. The molecule has 0 bridgehead atoms. The van der Waals surface area contributed by atoms with Crippen LogP contribution in [0.25, 0.3) is 0 Å². The van der Waals surface area contributed by atoms with Crippen molar-refractivity contribution in [3.63, 3.8) is 0 Å². The number of anilines is 1. The molecule has 3 heterocycles. The maximum Gasteiger partial charge on any atom is 0.231 e. The van der Waals surface area contributed by atoms with E-state index in [1.807, 2.05) is 46.8 Å². The molecule has 2 amide bonds. The number of hydrogen-bond acceptors (Lipinski definition) is 6. The van der Waals surface area contributed by atoms with Crippen molar-refractivity contribution in [3.05, 3.63) is 62.8 Å². The molecule has 0 aliphatic carbocycles. The number of thiophene rings is 1. The molecule has 0 saturated carbocycles. The lowest BCUT2D eigenvalue weighted by Crippen LogP contribution is -2.37. The van der Waals surface area contributed by atoms with Crippen LogP contribution in [0.15, 0.2) is 41.1 Å². The average Bonchev–Trinajstić information content (AvgIpc) is 3.39. The number of rotatable bonds is 7. The molecule has 0 saturated heterocycles. The lowest BCUT2D eigenvalue weighted by atomic mass is 9.99. The first kappa shape index (κ1) is 20.6. The van der Waals surface area contributed by atoms with Gasteiger partial charge in [0.1, 0.15) is 5.75 Å². The highest BCUT2D eigenvalue weighted by atomic mass is 32.1. The predicted octanol–water partition coefficient (Wildman–Crippen LogP) is 3.91. The summed E-state index contributed by atoms with van der Waals surface area (Å²) in [6.45, 7) is 3.87. The van der Waals surface area contributed by atoms with Gasteiger partial charge in [0.25, 0.3) is 0 Å². The first-order valence-electron chi connectivity index (χ1n) is 9.89. The summed E-state index contributed by atoms with van der Waals surface area (Å²) in [7, 11) is 0. The van der Waals surface area contributed by atoms with E-state index in [1.54, 1.807) is 11.3 Å². The Bertz CT molecular complexity index is 1030. The van der Waals surface area contributed by atoms with E-state index in [-0.39, 0.29) is 18.2 Å². The Labute approximate surface area is 183 Å². The molecule has 4 rings (SSSR count). The Morgan fingerprint density at radius 3 is 2.90 bits per heavy atom. The number of amides is 2. The summed E-state index contributed by atoms with van der Waals surface area (Å²) in [5.74, 6) is 0.791. The second-order valence-electron chi connectivity index (χ2n) is 7.05. The number of carbonyl (C=O) groups is 2. The van der Waals surface area contributed by atoms with Crippen LogP contribution < -0.4 is 10.1 Å². The van der Waals surface area contributed by atoms with E-state index < -0.39 is 0 Å². The molecule has 1 aliphatic rings. The van der Waals surface area contributed by atoms with Crippen molar-refractivity contribution in [2.45, 2.75) is 32.7 Å². The second-order valence-corrected chi connectivity index (χ2v) is 8.94. The molecule has 2 aromatic heterocycles. The van der Waals surface area contributed by atoms with Crippen molar-refractivity contribution in [3.8, 4) is 5.75 Å². The van der Waals surface area contributed by atoms with Gasteiger partial charge in [0.2, 0.25) is 11.8 Å². The number of carbonyl (C=O) groups excluding carboxylic acids is 2. The number of thiazole rings is 1. The van der Waals surface area contributed by atoms with Crippen molar-refractivity contribution in [1.29, 1.82) is 0 Å². The minimum atomic E-state index is -0.0950. The van der Waals surface area contributed by atoms with Crippen LogP contribution in [0.2, 0.25) is 0 Å². The molecule has 3 aromatic rings. The molecule has 0 fully saturated rings. The topological polar surface area (TPSA) is 71.5 Å². The third kappa shape index (κ3) is 5.06. The zero-order chi connectivity index (χ0) is 20.9. The standard InChI is InChI=1S/C22H23N3O3S2/c1-2-28-18-6-5-15-7-8-25(13-16(15)10-18)21(27)11-17-14-30-22(23-17)24-20(26)12-19-4-3-9-29-19/h3-6,9-10,14H,2,7-8,11-13H2,1H3,(H,23,24,26). The van der Waals surface area contributed by atoms with Gasteiger partial charge in [-0.05, 0) is 48.1 Å². The number of aromatic nitrogens is 1. The number of benzene rings is 1. The summed E-state index contributed by atoms with van der Waals surface area (Å²) in [5, 5.41) is 7.14. The largest absolute Gasteiger partial charge is 0.494 e. The summed E-state index contributed by atoms with van der Waals surface area (Å²) < 4.78 is 5.58. The van der Waals surface area contributed by atoms with Crippen LogP contribution in [-0.4, -0.2) is 34.8 Å². The Balaban J connectivity index is 1.33. The van der Waals surface area contributed by atoms with Crippen LogP contribution in [0, 0.1) is 0 Å². The van der Waals surface area contributed by atoms with E-state index >= 15 is 0 Å². The lowest BCUT2D eigenvalue weighted by molar-refractivity contribution is -0.131. The fourth-order valence-electron chi connectivity index (χ4n) is 3.45. The fraction of sp³-hybridized carbons (Fsp3) is 0.318. The number of ether oxygens (including phenoxy) is 1. The molecule has 156 valence electrons. The summed E-state index contributed by atoms with van der Waals surface area (Å²) in [5.41, 5.74) is 3.09. The smallest absolute Gasteiger partial charge is 0.231 e.